The summed E-state index contributed by atoms with van der Waals surface area (Å²) in [7, 11) is 0. The Kier molecular flexibility index (Phi) is 6.30. The van der Waals surface area contributed by atoms with Gasteiger partial charge in [-0.1, -0.05) is 41.6 Å². The fourth-order valence-corrected chi connectivity index (χ4v) is 3.16. The van der Waals surface area contributed by atoms with Crippen molar-refractivity contribution in [2.24, 2.45) is 5.73 Å². The molecule has 176 valence electrons. The van der Waals surface area contributed by atoms with Crippen molar-refractivity contribution in [1.29, 1.82) is 0 Å². The van der Waals surface area contributed by atoms with E-state index in [1.54, 1.807) is 29.8 Å². The number of alkyl halides is 3. The summed E-state index contributed by atoms with van der Waals surface area (Å²) in [6.07, 6.45) is -5.29. The third-order valence-electron chi connectivity index (χ3n) is 4.70. The Morgan fingerprint density at radius 1 is 1.09 bits per heavy atom. The summed E-state index contributed by atoms with van der Waals surface area (Å²) in [5, 5.41) is 8.29. The zero-order valence-electron chi connectivity index (χ0n) is 17.9. The van der Waals surface area contributed by atoms with Crippen molar-refractivity contribution in [2.45, 2.75) is 26.1 Å². The van der Waals surface area contributed by atoms with Crippen LogP contribution in [-0.2, 0) is 17.8 Å². The average Bonchev–Trinajstić information content (AvgIpc) is 3.39. The van der Waals surface area contributed by atoms with Crippen LogP contribution in [0.3, 0.4) is 0 Å². The van der Waals surface area contributed by atoms with E-state index in [2.05, 4.69) is 20.2 Å². The number of primary amides is 1. The van der Waals surface area contributed by atoms with Gasteiger partial charge in [0.05, 0.1) is 13.0 Å². The predicted octanol–water partition coefficient (Wildman–Crippen LogP) is 3.32. The molecule has 0 aliphatic rings. The maximum Gasteiger partial charge on any atom is 0.393 e. The van der Waals surface area contributed by atoms with Crippen LogP contribution in [0.4, 0.5) is 13.2 Å². The van der Waals surface area contributed by atoms with Crippen LogP contribution in [0.15, 0.2) is 53.1 Å². The van der Waals surface area contributed by atoms with Gasteiger partial charge in [0.15, 0.2) is 6.61 Å². The summed E-state index contributed by atoms with van der Waals surface area (Å²) < 4.78 is 49.8. The van der Waals surface area contributed by atoms with Crippen molar-refractivity contribution < 1.29 is 27.2 Å². The van der Waals surface area contributed by atoms with Crippen molar-refractivity contribution >= 4 is 5.91 Å². The molecule has 2 aromatic carbocycles. The molecule has 2 N–H and O–H groups in total. The molecule has 0 atom stereocenters. The molecule has 4 rings (SSSR count). The summed E-state index contributed by atoms with van der Waals surface area (Å²) in [6.45, 7) is 1.91. The minimum Gasteiger partial charge on any atom is -0.484 e. The first-order valence-corrected chi connectivity index (χ1v) is 10.1. The number of ether oxygens (including phenoxy) is 1. The van der Waals surface area contributed by atoms with Gasteiger partial charge < -0.3 is 15.0 Å². The van der Waals surface area contributed by atoms with Gasteiger partial charge in [0.25, 0.3) is 11.8 Å². The van der Waals surface area contributed by atoms with Crippen LogP contribution in [0.5, 0.6) is 5.75 Å². The van der Waals surface area contributed by atoms with Gasteiger partial charge in [0.1, 0.15) is 11.6 Å². The molecule has 1 amide bonds. The van der Waals surface area contributed by atoms with Crippen LogP contribution >= 0.6 is 0 Å². The van der Waals surface area contributed by atoms with Gasteiger partial charge in [0.2, 0.25) is 11.6 Å². The zero-order valence-corrected chi connectivity index (χ0v) is 17.9. The van der Waals surface area contributed by atoms with E-state index in [4.69, 9.17) is 15.0 Å². The molecule has 9 nitrogen and oxygen atoms in total. The van der Waals surface area contributed by atoms with Crippen molar-refractivity contribution in [3.8, 4) is 28.9 Å². The van der Waals surface area contributed by atoms with Gasteiger partial charge in [-0.15, -0.1) is 5.10 Å². The molecule has 0 saturated carbocycles. The lowest BCUT2D eigenvalue weighted by atomic mass is 10.1. The van der Waals surface area contributed by atoms with E-state index in [1.165, 1.54) is 24.3 Å². The maximum atomic E-state index is 12.5. The number of halogens is 3. The number of amides is 1. The molecule has 34 heavy (non-hydrogen) atoms. The predicted molar refractivity (Wildman–Crippen MR) is 113 cm³/mol. The summed E-state index contributed by atoms with van der Waals surface area (Å²) in [5.74, 6) is 1.02. The number of nitrogens with zero attached hydrogens (tertiary/aromatic N) is 5. The second kappa shape index (κ2) is 9.33. The van der Waals surface area contributed by atoms with Crippen LogP contribution in [0.1, 0.15) is 17.0 Å². The van der Waals surface area contributed by atoms with Gasteiger partial charge in [-0.2, -0.15) is 18.2 Å². The highest BCUT2D eigenvalue weighted by atomic mass is 19.4. The number of carbonyl (C=O) groups is 1. The molecule has 2 heterocycles. The van der Waals surface area contributed by atoms with E-state index in [-0.39, 0.29) is 29.7 Å². The summed E-state index contributed by atoms with van der Waals surface area (Å²) >= 11 is 0. The monoisotopic (exact) mass is 472 g/mol. The molecule has 0 fully saturated rings. The number of aryl methyl sites for hydroxylation is 1. The minimum atomic E-state index is -4.28. The fraction of sp³-hybridized carbons (Fsp3) is 0.227. The highest BCUT2D eigenvalue weighted by Gasteiger charge is 2.27. The van der Waals surface area contributed by atoms with Crippen LogP contribution in [-0.4, -0.2) is 43.6 Å². The number of nitrogens with two attached hydrogens (primary N) is 1. The lowest BCUT2D eigenvalue weighted by Crippen LogP contribution is -2.20. The first-order valence-electron chi connectivity index (χ1n) is 10.1. The molecule has 0 saturated heterocycles. The third-order valence-corrected chi connectivity index (χ3v) is 4.70. The standard InChI is InChI=1S/C22H19F3N6O3/c1-13-27-20(29-31(13)11-15-3-2-4-17(9-15)33-12-18(26)32)21-28-19(30-34-21)16-7-5-14(6-8-16)10-22(23,24)25/h2-9H,10-12H2,1H3,(H2,26,32). The van der Waals surface area contributed by atoms with Crippen LogP contribution in [0.2, 0.25) is 0 Å². The van der Waals surface area contributed by atoms with Crippen molar-refractivity contribution in [3.63, 3.8) is 0 Å². The molecule has 4 aromatic rings. The molecule has 2 aromatic heterocycles. The normalized spacial score (nSPS) is 11.5. The quantitative estimate of drug-likeness (QED) is 0.417. The third kappa shape index (κ3) is 5.77. The Morgan fingerprint density at radius 2 is 1.85 bits per heavy atom. The molecule has 0 bridgehead atoms. The van der Waals surface area contributed by atoms with E-state index in [0.29, 0.717) is 23.7 Å². The smallest absolute Gasteiger partial charge is 0.393 e. The van der Waals surface area contributed by atoms with Crippen molar-refractivity contribution in [3.05, 3.63) is 65.5 Å². The Bertz CT molecular complexity index is 1300. The lowest BCUT2D eigenvalue weighted by Gasteiger charge is -2.07. The molecule has 0 unspecified atom stereocenters. The number of hydrogen-bond donors (Lipinski definition) is 1. The summed E-state index contributed by atoms with van der Waals surface area (Å²) in [5.41, 5.74) is 6.60. The molecular formula is C22H19F3N6O3. The summed E-state index contributed by atoms with van der Waals surface area (Å²) in [6, 6.07) is 12.9. The number of hydrogen-bond acceptors (Lipinski definition) is 7. The van der Waals surface area contributed by atoms with Gasteiger partial charge in [-0.25, -0.2) is 9.67 Å². The van der Waals surface area contributed by atoms with Crippen LogP contribution in [0.25, 0.3) is 23.1 Å². The zero-order chi connectivity index (χ0) is 24.3. The van der Waals surface area contributed by atoms with Gasteiger partial charge in [0, 0.05) is 5.56 Å². The average molecular weight is 472 g/mol. The molecular weight excluding hydrogens is 453 g/mol. The number of rotatable bonds is 8. The lowest BCUT2D eigenvalue weighted by molar-refractivity contribution is -0.127. The van der Waals surface area contributed by atoms with Gasteiger partial charge >= 0.3 is 6.18 Å². The molecule has 0 radical (unpaired) electrons. The SMILES string of the molecule is Cc1nc(-c2nc(-c3ccc(CC(F)(F)F)cc3)no2)nn1Cc1cccc(OCC(N)=O)c1. The Hall–Kier alpha value is -4.22. The highest BCUT2D eigenvalue weighted by molar-refractivity contribution is 5.75. The number of aromatic nitrogens is 5. The Balaban J connectivity index is 1.48. The minimum absolute atomic E-state index is 0.0785. The number of carbonyl (C=O) groups excluding carboxylic acids is 1. The van der Waals surface area contributed by atoms with E-state index in [0.717, 1.165) is 5.56 Å². The van der Waals surface area contributed by atoms with E-state index >= 15 is 0 Å². The topological polar surface area (TPSA) is 122 Å². The fourth-order valence-electron chi connectivity index (χ4n) is 3.16. The Morgan fingerprint density at radius 3 is 2.56 bits per heavy atom. The van der Waals surface area contributed by atoms with Crippen LogP contribution in [0, 0.1) is 6.92 Å². The van der Waals surface area contributed by atoms with E-state index in [9.17, 15) is 18.0 Å². The highest BCUT2D eigenvalue weighted by Crippen LogP contribution is 2.25. The molecule has 12 heteroatoms. The first kappa shape index (κ1) is 23.0. The second-order valence-corrected chi connectivity index (χ2v) is 7.45. The largest absolute Gasteiger partial charge is 0.484 e. The Labute approximate surface area is 191 Å². The molecule has 0 aliphatic carbocycles. The van der Waals surface area contributed by atoms with Crippen molar-refractivity contribution in [1.82, 2.24) is 24.9 Å². The van der Waals surface area contributed by atoms with E-state index < -0.39 is 18.5 Å². The van der Waals surface area contributed by atoms with E-state index in [1.807, 2.05) is 6.07 Å². The summed E-state index contributed by atoms with van der Waals surface area (Å²) in [4.78, 5) is 19.5. The second-order valence-electron chi connectivity index (χ2n) is 7.45. The first-order chi connectivity index (χ1) is 16.2. The molecule has 0 aliphatic heterocycles. The van der Waals surface area contributed by atoms with Crippen molar-refractivity contribution in [2.75, 3.05) is 6.61 Å². The number of benzene rings is 2. The molecule has 0 spiro atoms. The van der Waals surface area contributed by atoms with Crippen LogP contribution < -0.4 is 10.5 Å². The van der Waals surface area contributed by atoms with Gasteiger partial charge in [-0.3, -0.25) is 4.79 Å². The van der Waals surface area contributed by atoms with Gasteiger partial charge in [-0.05, 0) is 30.2 Å². The maximum absolute atomic E-state index is 12.5.